The van der Waals surface area contributed by atoms with Crippen LogP contribution in [0.1, 0.15) is 59.1 Å². The number of ether oxygens (including phenoxy) is 2. The number of imidazole rings is 1. The molecule has 244 valence electrons. The van der Waals surface area contributed by atoms with Gasteiger partial charge in [0.15, 0.2) is 22.5 Å². The van der Waals surface area contributed by atoms with Crippen molar-refractivity contribution in [1.29, 1.82) is 0 Å². The van der Waals surface area contributed by atoms with Crippen LogP contribution in [-0.4, -0.2) is 72.6 Å². The summed E-state index contributed by atoms with van der Waals surface area (Å²) >= 11 is 0. The van der Waals surface area contributed by atoms with Crippen molar-refractivity contribution in [2.75, 3.05) is 23.3 Å². The van der Waals surface area contributed by atoms with Crippen LogP contribution in [0.2, 0.25) is 0 Å². The third-order valence-electron chi connectivity index (χ3n) is 6.63. The second-order valence-electron chi connectivity index (χ2n) is 12.5. The third kappa shape index (κ3) is 7.51. The van der Waals surface area contributed by atoms with Crippen LogP contribution in [0, 0.1) is 5.82 Å². The fraction of sp³-hybridized carbons (Fsp3) is 0.500. The van der Waals surface area contributed by atoms with E-state index in [4.69, 9.17) is 9.47 Å². The molecule has 0 aliphatic carbocycles. The molecule has 1 fully saturated rings. The van der Waals surface area contributed by atoms with E-state index in [1.807, 2.05) is 0 Å². The van der Waals surface area contributed by atoms with Crippen molar-refractivity contribution in [2.24, 2.45) is 0 Å². The lowest BCUT2D eigenvalue weighted by Gasteiger charge is -2.30. The van der Waals surface area contributed by atoms with Crippen LogP contribution in [0.3, 0.4) is 0 Å². The Kier molecular flexibility index (Phi) is 8.61. The second kappa shape index (κ2) is 11.7. The number of hydrogen-bond donors (Lipinski definition) is 3. The quantitative estimate of drug-likeness (QED) is 0.315. The molecule has 1 saturated heterocycles. The summed E-state index contributed by atoms with van der Waals surface area (Å²) in [4.78, 5) is 50.7. The van der Waals surface area contributed by atoms with E-state index in [-0.39, 0.29) is 35.6 Å². The molecule has 3 N–H and O–H groups in total. The predicted octanol–water partition coefficient (Wildman–Crippen LogP) is 4.94. The summed E-state index contributed by atoms with van der Waals surface area (Å²) in [6.07, 6.45) is -4.95. The number of nitrogens with one attached hydrogen (secondary N) is 2. The van der Waals surface area contributed by atoms with E-state index in [1.54, 1.807) is 41.5 Å². The van der Waals surface area contributed by atoms with Crippen LogP contribution in [0.25, 0.3) is 11.2 Å². The van der Waals surface area contributed by atoms with Crippen LogP contribution in [0.5, 0.6) is 0 Å². The number of alkyl halides is 3. The molecule has 3 aromatic rings. The molecule has 3 heterocycles. The summed E-state index contributed by atoms with van der Waals surface area (Å²) in [5, 5.41) is 14.8. The van der Waals surface area contributed by atoms with Crippen molar-refractivity contribution >= 4 is 40.8 Å². The standard InChI is InChI=1S/C28H33F4N7O6/c1-25(2,3)44-23(42)36-20-19-21(34-13-33-20)39(14-35-19)11-15-17(8-7-16(29)18(15)28(30,31)32)38-10-9-27(12-38,22(40)41)37-24(43)45-26(4,5)6/h7-8,13-14H,9-12H2,1-6H3,(H,37,43)(H,40,41)(H,33,34,36,42)/t27-/m1/s1. The van der Waals surface area contributed by atoms with Gasteiger partial charge in [0.1, 0.15) is 23.3 Å². The Bertz CT molecular complexity index is 1630. The number of carboxylic acid groups (broad SMARTS) is 1. The number of benzene rings is 1. The number of anilines is 2. The van der Waals surface area contributed by atoms with Gasteiger partial charge in [0, 0.05) is 24.2 Å². The van der Waals surface area contributed by atoms with E-state index >= 15 is 0 Å². The molecule has 45 heavy (non-hydrogen) atoms. The predicted molar refractivity (Wildman–Crippen MR) is 152 cm³/mol. The fourth-order valence-corrected chi connectivity index (χ4v) is 4.87. The molecule has 1 aromatic carbocycles. The van der Waals surface area contributed by atoms with Gasteiger partial charge >= 0.3 is 24.3 Å². The second-order valence-corrected chi connectivity index (χ2v) is 12.5. The summed E-state index contributed by atoms with van der Waals surface area (Å²) in [5.41, 5.74) is -5.81. The summed E-state index contributed by atoms with van der Waals surface area (Å²) in [6.45, 7) is 8.60. The number of aliphatic carboxylic acids is 1. The van der Waals surface area contributed by atoms with E-state index in [1.165, 1.54) is 9.47 Å². The molecule has 1 aliphatic heterocycles. The van der Waals surface area contributed by atoms with Crippen molar-refractivity contribution in [2.45, 2.75) is 77.4 Å². The lowest BCUT2D eigenvalue weighted by molar-refractivity contribution is -0.144. The largest absolute Gasteiger partial charge is 0.479 e. The number of hydrogen-bond acceptors (Lipinski definition) is 9. The number of carboxylic acids is 1. The van der Waals surface area contributed by atoms with Crippen LogP contribution >= 0.6 is 0 Å². The molecule has 13 nitrogen and oxygen atoms in total. The first-order valence-electron chi connectivity index (χ1n) is 13.7. The van der Waals surface area contributed by atoms with Gasteiger partial charge in [-0.2, -0.15) is 13.2 Å². The monoisotopic (exact) mass is 639 g/mol. The van der Waals surface area contributed by atoms with Crippen LogP contribution in [0.15, 0.2) is 24.8 Å². The molecule has 4 rings (SSSR count). The minimum Gasteiger partial charge on any atom is -0.479 e. The van der Waals surface area contributed by atoms with Gasteiger partial charge in [-0.1, -0.05) is 0 Å². The average Bonchev–Trinajstić information content (AvgIpc) is 3.47. The van der Waals surface area contributed by atoms with Gasteiger partial charge in [-0.3, -0.25) is 5.32 Å². The molecule has 0 bridgehead atoms. The Morgan fingerprint density at radius 3 is 2.24 bits per heavy atom. The highest BCUT2D eigenvalue weighted by Crippen LogP contribution is 2.41. The molecule has 0 saturated carbocycles. The number of rotatable bonds is 6. The highest BCUT2D eigenvalue weighted by atomic mass is 19.4. The average molecular weight is 640 g/mol. The van der Waals surface area contributed by atoms with Gasteiger partial charge in [0.05, 0.1) is 25.0 Å². The van der Waals surface area contributed by atoms with Gasteiger partial charge in [-0.05, 0) is 53.7 Å². The Labute approximate surface area is 254 Å². The third-order valence-corrected chi connectivity index (χ3v) is 6.63. The first-order chi connectivity index (χ1) is 20.7. The normalized spacial score (nSPS) is 17.3. The number of fused-ring (bicyclic) bond motifs is 1. The zero-order chi connectivity index (χ0) is 33.5. The van der Waals surface area contributed by atoms with Crippen molar-refractivity contribution < 1.29 is 46.5 Å². The minimum atomic E-state index is -5.14. The first-order valence-corrected chi connectivity index (χ1v) is 13.7. The number of alkyl carbamates (subject to hydrolysis) is 1. The molecular weight excluding hydrogens is 606 g/mol. The SMILES string of the molecule is CC(C)(C)OC(=O)Nc1ncnc2c1ncn2Cc1c(N2CC[C@](NC(=O)OC(C)(C)C)(C(=O)O)C2)ccc(F)c1C(F)(F)F. The van der Waals surface area contributed by atoms with Gasteiger partial charge < -0.3 is 29.4 Å². The van der Waals surface area contributed by atoms with E-state index in [9.17, 15) is 37.1 Å². The number of nitrogens with zero attached hydrogens (tertiary/aromatic N) is 5. The summed E-state index contributed by atoms with van der Waals surface area (Å²) in [7, 11) is 0. The van der Waals surface area contributed by atoms with Crippen LogP contribution in [0.4, 0.5) is 38.7 Å². The maximum atomic E-state index is 14.9. The molecule has 17 heteroatoms. The lowest BCUT2D eigenvalue weighted by Crippen LogP contribution is -2.57. The summed E-state index contributed by atoms with van der Waals surface area (Å²) < 4.78 is 69.5. The minimum absolute atomic E-state index is 0.0206. The van der Waals surface area contributed by atoms with Gasteiger partial charge in [0.2, 0.25) is 0 Å². The Morgan fingerprint density at radius 1 is 1.00 bits per heavy atom. The van der Waals surface area contributed by atoms with Crippen molar-refractivity contribution in [3.63, 3.8) is 0 Å². The lowest BCUT2D eigenvalue weighted by atomic mass is 9.99. The Hall–Kier alpha value is -4.70. The number of carbonyl (C=O) groups is 3. The molecule has 2 amide bonds. The van der Waals surface area contributed by atoms with Crippen molar-refractivity contribution in [3.05, 3.63) is 41.7 Å². The molecule has 2 aromatic heterocycles. The van der Waals surface area contributed by atoms with Crippen molar-refractivity contribution in [1.82, 2.24) is 24.8 Å². The molecular formula is C28H33F4N7O6. The highest BCUT2D eigenvalue weighted by molar-refractivity contribution is 5.93. The Balaban J connectivity index is 1.73. The molecule has 0 radical (unpaired) electrons. The maximum Gasteiger partial charge on any atom is 0.419 e. The zero-order valence-corrected chi connectivity index (χ0v) is 25.4. The van der Waals surface area contributed by atoms with E-state index in [2.05, 4.69) is 25.6 Å². The van der Waals surface area contributed by atoms with Gasteiger partial charge in [-0.25, -0.2) is 33.7 Å². The first kappa shape index (κ1) is 33.2. The number of carbonyl (C=O) groups excluding carboxylic acids is 2. The number of aromatic nitrogens is 4. The van der Waals surface area contributed by atoms with E-state index in [0.29, 0.717) is 6.07 Å². The maximum absolute atomic E-state index is 14.9. The smallest absolute Gasteiger partial charge is 0.419 e. The van der Waals surface area contributed by atoms with Gasteiger partial charge in [-0.15, -0.1) is 0 Å². The molecule has 1 aliphatic rings. The summed E-state index contributed by atoms with van der Waals surface area (Å²) in [5.74, 6) is -3.02. The topological polar surface area (TPSA) is 161 Å². The van der Waals surface area contributed by atoms with E-state index in [0.717, 1.165) is 18.7 Å². The number of halogens is 4. The number of amides is 2. The molecule has 0 spiro atoms. The van der Waals surface area contributed by atoms with Crippen LogP contribution in [-0.2, 0) is 27.0 Å². The van der Waals surface area contributed by atoms with E-state index < -0.39 is 71.1 Å². The summed E-state index contributed by atoms with van der Waals surface area (Å²) in [6, 6.07) is 1.77. The van der Waals surface area contributed by atoms with Gasteiger partial charge in [0.25, 0.3) is 0 Å². The zero-order valence-electron chi connectivity index (χ0n) is 25.4. The highest BCUT2D eigenvalue weighted by Gasteiger charge is 2.48. The molecule has 0 unspecified atom stereocenters. The van der Waals surface area contributed by atoms with Crippen LogP contribution < -0.4 is 15.5 Å². The Morgan fingerprint density at radius 2 is 1.64 bits per heavy atom. The van der Waals surface area contributed by atoms with Crippen molar-refractivity contribution in [3.8, 4) is 0 Å². The molecule has 1 atom stereocenters. The fourth-order valence-electron chi connectivity index (χ4n) is 4.87.